The summed E-state index contributed by atoms with van der Waals surface area (Å²) < 4.78 is 13.6. The van der Waals surface area contributed by atoms with Crippen LogP contribution in [0.15, 0.2) is 42.5 Å². The first kappa shape index (κ1) is 16.7. The van der Waals surface area contributed by atoms with Crippen molar-refractivity contribution in [3.8, 4) is 0 Å². The van der Waals surface area contributed by atoms with Crippen LogP contribution >= 0.6 is 0 Å². The van der Waals surface area contributed by atoms with Gasteiger partial charge in [-0.2, -0.15) is 0 Å². The van der Waals surface area contributed by atoms with E-state index in [1.54, 1.807) is 35.2 Å². The fourth-order valence-corrected chi connectivity index (χ4v) is 3.88. The Morgan fingerprint density at radius 2 is 2.08 bits per heavy atom. The Bertz CT molecular complexity index is 883. The summed E-state index contributed by atoms with van der Waals surface area (Å²) in [4.78, 5) is 28.4. The van der Waals surface area contributed by atoms with Crippen LogP contribution in [0.1, 0.15) is 34.3 Å². The van der Waals surface area contributed by atoms with Crippen molar-refractivity contribution in [1.29, 1.82) is 0 Å². The van der Waals surface area contributed by atoms with Crippen molar-refractivity contribution >= 4 is 17.6 Å². The minimum absolute atomic E-state index is 0.0481. The highest BCUT2D eigenvalue weighted by Crippen LogP contribution is 2.34. The predicted molar refractivity (Wildman–Crippen MR) is 94.4 cm³/mol. The molecule has 0 saturated carbocycles. The molecule has 2 heterocycles. The van der Waals surface area contributed by atoms with Gasteiger partial charge in [0.1, 0.15) is 5.82 Å². The highest BCUT2D eigenvalue weighted by molar-refractivity contribution is 6.00. The molecular weight excluding hydrogens is 335 g/mol. The molecule has 2 aliphatic rings. The lowest BCUT2D eigenvalue weighted by atomic mass is 10.1. The Morgan fingerprint density at radius 1 is 1.23 bits per heavy atom. The number of nitrogens with zero attached hydrogens (tertiary/aromatic N) is 2. The van der Waals surface area contributed by atoms with Crippen LogP contribution in [0.3, 0.4) is 0 Å². The Labute approximate surface area is 150 Å². The molecule has 134 valence electrons. The first-order valence-corrected chi connectivity index (χ1v) is 8.69. The molecule has 2 aromatic carbocycles. The zero-order valence-corrected chi connectivity index (χ0v) is 14.2. The number of hydrogen-bond acceptors (Lipinski definition) is 3. The molecule has 0 aliphatic carbocycles. The number of fused-ring (bicyclic) bond motifs is 2. The largest absolute Gasteiger partial charge is 0.478 e. The molecule has 0 spiro atoms. The van der Waals surface area contributed by atoms with Gasteiger partial charge in [-0.3, -0.25) is 9.69 Å². The van der Waals surface area contributed by atoms with Gasteiger partial charge in [0.2, 0.25) is 5.91 Å². The van der Waals surface area contributed by atoms with Gasteiger partial charge in [-0.25, -0.2) is 9.18 Å². The number of aromatic carboxylic acids is 1. The summed E-state index contributed by atoms with van der Waals surface area (Å²) in [6.07, 6.45) is 1.75. The van der Waals surface area contributed by atoms with E-state index in [1.807, 2.05) is 0 Å². The Morgan fingerprint density at radius 3 is 2.85 bits per heavy atom. The third kappa shape index (κ3) is 2.97. The summed E-state index contributed by atoms with van der Waals surface area (Å²) >= 11 is 0. The molecule has 0 unspecified atom stereocenters. The molecule has 1 amide bonds. The van der Waals surface area contributed by atoms with Crippen LogP contribution in [0.2, 0.25) is 0 Å². The second-order valence-corrected chi connectivity index (χ2v) is 6.83. The van der Waals surface area contributed by atoms with E-state index in [4.69, 9.17) is 0 Å². The van der Waals surface area contributed by atoms with Gasteiger partial charge in [-0.05, 0) is 54.8 Å². The topological polar surface area (TPSA) is 60.9 Å². The van der Waals surface area contributed by atoms with E-state index < -0.39 is 5.97 Å². The second-order valence-electron chi connectivity index (χ2n) is 6.83. The van der Waals surface area contributed by atoms with E-state index in [1.165, 1.54) is 12.1 Å². The SMILES string of the molecule is O=C(O)c1ccc2c(c1)N(Cc1cccc(F)c1)C(=O)[C@H]1CCCN1C2. The van der Waals surface area contributed by atoms with Crippen molar-refractivity contribution in [3.05, 3.63) is 65.0 Å². The van der Waals surface area contributed by atoms with Crippen molar-refractivity contribution in [3.63, 3.8) is 0 Å². The van der Waals surface area contributed by atoms with Gasteiger partial charge < -0.3 is 10.0 Å². The van der Waals surface area contributed by atoms with E-state index in [0.717, 1.165) is 24.9 Å². The average Bonchev–Trinajstić information content (AvgIpc) is 3.04. The van der Waals surface area contributed by atoms with Crippen LogP contribution in [-0.2, 0) is 17.9 Å². The Balaban J connectivity index is 1.79. The zero-order chi connectivity index (χ0) is 18.3. The van der Waals surface area contributed by atoms with Crippen LogP contribution in [0.5, 0.6) is 0 Å². The summed E-state index contributed by atoms with van der Waals surface area (Å²) in [5, 5.41) is 9.33. The number of carbonyl (C=O) groups excluding carboxylic acids is 1. The number of halogens is 1. The predicted octanol–water partition coefficient (Wildman–Crippen LogP) is 3.04. The fourth-order valence-electron chi connectivity index (χ4n) is 3.88. The highest BCUT2D eigenvalue weighted by Gasteiger charge is 2.38. The average molecular weight is 354 g/mol. The molecule has 4 rings (SSSR count). The van der Waals surface area contributed by atoms with Gasteiger partial charge in [0.15, 0.2) is 0 Å². The molecule has 2 aliphatic heterocycles. The number of benzene rings is 2. The molecule has 0 aromatic heterocycles. The minimum Gasteiger partial charge on any atom is -0.478 e. The van der Waals surface area contributed by atoms with Crippen LogP contribution in [0.25, 0.3) is 0 Å². The normalized spacial score (nSPS) is 19.8. The van der Waals surface area contributed by atoms with Gasteiger partial charge in [0.25, 0.3) is 0 Å². The van der Waals surface area contributed by atoms with Gasteiger partial charge in [0, 0.05) is 12.2 Å². The maximum atomic E-state index is 13.6. The fraction of sp³-hybridized carbons (Fsp3) is 0.300. The van der Waals surface area contributed by atoms with Crippen LogP contribution in [0.4, 0.5) is 10.1 Å². The monoisotopic (exact) mass is 354 g/mol. The first-order valence-electron chi connectivity index (χ1n) is 8.69. The summed E-state index contributed by atoms with van der Waals surface area (Å²) in [6, 6.07) is 10.9. The Kier molecular flexibility index (Phi) is 4.20. The smallest absolute Gasteiger partial charge is 0.335 e. The number of carboxylic acids is 1. The van der Waals surface area contributed by atoms with Crippen molar-refractivity contribution < 1.29 is 19.1 Å². The molecule has 6 heteroatoms. The van der Waals surface area contributed by atoms with Gasteiger partial charge in [-0.15, -0.1) is 0 Å². The number of carbonyl (C=O) groups is 2. The molecular formula is C20H19FN2O3. The lowest BCUT2D eigenvalue weighted by Crippen LogP contribution is -2.42. The number of amides is 1. The molecule has 1 N–H and O–H groups in total. The zero-order valence-electron chi connectivity index (χ0n) is 14.2. The van der Waals surface area contributed by atoms with Gasteiger partial charge in [0.05, 0.1) is 18.2 Å². The maximum absolute atomic E-state index is 13.6. The van der Waals surface area contributed by atoms with Crippen LogP contribution in [0, 0.1) is 5.82 Å². The van der Waals surface area contributed by atoms with Crippen molar-refractivity contribution in [2.45, 2.75) is 32.0 Å². The molecule has 1 fully saturated rings. The standard InChI is InChI=1S/C20H19FN2O3/c21-16-4-1-3-13(9-16)11-23-18-10-14(20(25)26)6-7-15(18)12-22-8-2-5-17(22)19(23)24/h1,3-4,6-7,9-10,17H,2,5,8,11-12H2,(H,25,26)/t17-/m1/s1. The second kappa shape index (κ2) is 6.53. The summed E-state index contributed by atoms with van der Waals surface area (Å²) in [6.45, 7) is 1.69. The van der Waals surface area contributed by atoms with E-state index in [9.17, 15) is 19.1 Å². The maximum Gasteiger partial charge on any atom is 0.335 e. The van der Waals surface area contributed by atoms with E-state index >= 15 is 0 Å². The van der Waals surface area contributed by atoms with Crippen molar-refractivity contribution in [1.82, 2.24) is 4.90 Å². The number of anilines is 1. The lowest BCUT2D eigenvalue weighted by molar-refractivity contribution is -0.122. The first-order chi connectivity index (χ1) is 12.5. The van der Waals surface area contributed by atoms with Crippen LogP contribution in [-0.4, -0.2) is 34.5 Å². The summed E-state index contributed by atoms with van der Waals surface area (Å²) in [7, 11) is 0. The number of rotatable bonds is 3. The van der Waals surface area contributed by atoms with E-state index in [2.05, 4.69) is 4.90 Å². The third-order valence-electron chi connectivity index (χ3n) is 5.14. The summed E-state index contributed by atoms with van der Waals surface area (Å²) in [5.74, 6) is -1.43. The van der Waals surface area contributed by atoms with E-state index in [0.29, 0.717) is 17.8 Å². The molecule has 5 nitrogen and oxygen atoms in total. The van der Waals surface area contributed by atoms with Crippen LogP contribution < -0.4 is 4.90 Å². The van der Waals surface area contributed by atoms with Crippen molar-refractivity contribution in [2.24, 2.45) is 0 Å². The molecule has 2 aromatic rings. The molecule has 0 radical (unpaired) electrons. The molecule has 1 atom stereocenters. The third-order valence-corrected chi connectivity index (χ3v) is 5.14. The molecule has 26 heavy (non-hydrogen) atoms. The summed E-state index contributed by atoms with van der Waals surface area (Å²) in [5.41, 5.74) is 2.34. The molecule has 0 bridgehead atoms. The van der Waals surface area contributed by atoms with Gasteiger partial charge >= 0.3 is 5.97 Å². The number of carboxylic acid groups (broad SMARTS) is 1. The number of hydrogen-bond donors (Lipinski definition) is 1. The highest BCUT2D eigenvalue weighted by atomic mass is 19.1. The minimum atomic E-state index is -1.03. The van der Waals surface area contributed by atoms with E-state index in [-0.39, 0.29) is 29.9 Å². The van der Waals surface area contributed by atoms with Crippen molar-refractivity contribution in [2.75, 3.05) is 11.4 Å². The van der Waals surface area contributed by atoms with Gasteiger partial charge in [-0.1, -0.05) is 18.2 Å². The quantitative estimate of drug-likeness (QED) is 0.920. The molecule has 1 saturated heterocycles. The Hall–Kier alpha value is -2.73. The lowest BCUT2D eigenvalue weighted by Gasteiger charge is -2.26.